The number of carbonyl (C=O) groups excluding carboxylic acids is 1. The molecule has 0 bridgehead atoms. The van der Waals surface area contributed by atoms with Crippen molar-refractivity contribution in [1.82, 2.24) is 40.2 Å². The van der Waals surface area contributed by atoms with Crippen molar-refractivity contribution in [1.29, 1.82) is 5.26 Å². The van der Waals surface area contributed by atoms with Crippen molar-refractivity contribution in [3.8, 4) is 17.3 Å². The zero-order valence-electron chi connectivity index (χ0n) is 21.6. The SMILES string of the molecule is CN1CCC(NC(=O)c2nnc(C(C)(C)C#N)o2)c2ccc(-c3ccnc(Nc4cnn(C)c4)n3)cc2C1. The lowest BCUT2D eigenvalue weighted by molar-refractivity contribution is 0.0895. The molecule has 3 aromatic heterocycles. The van der Waals surface area contributed by atoms with Gasteiger partial charge in [-0.05, 0) is 50.6 Å². The Balaban J connectivity index is 1.38. The van der Waals surface area contributed by atoms with Gasteiger partial charge >= 0.3 is 11.8 Å². The number of aromatic nitrogens is 6. The molecule has 12 heteroatoms. The molecule has 1 aliphatic heterocycles. The van der Waals surface area contributed by atoms with E-state index in [9.17, 15) is 10.1 Å². The summed E-state index contributed by atoms with van der Waals surface area (Å²) in [5.41, 5.74) is 3.65. The maximum Gasteiger partial charge on any atom is 0.309 e. The third kappa shape index (κ3) is 5.23. The Morgan fingerprint density at radius 2 is 2.08 bits per heavy atom. The summed E-state index contributed by atoms with van der Waals surface area (Å²) in [6.07, 6.45) is 5.99. The van der Waals surface area contributed by atoms with Gasteiger partial charge in [0.15, 0.2) is 0 Å². The number of nitriles is 1. The number of aryl methyl sites for hydroxylation is 1. The van der Waals surface area contributed by atoms with E-state index >= 15 is 0 Å². The van der Waals surface area contributed by atoms with E-state index in [2.05, 4.69) is 60.0 Å². The van der Waals surface area contributed by atoms with Crippen LogP contribution in [0.15, 0.2) is 47.3 Å². The fourth-order valence-electron chi connectivity index (χ4n) is 4.30. The van der Waals surface area contributed by atoms with Crippen LogP contribution < -0.4 is 10.6 Å². The van der Waals surface area contributed by atoms with E-state index in [0.29, 0.717) is 12.4 Å². The molecule has 38 heavy (non-hydrogen) atoms. The van der Waals surface area contributed by atoms with Crippen LogP contribution in [0.4, 0.5) is 11.6 Å². The molecule has 5 rings (SSSR count). The van der Waals surface area contributed by atoms with Crippen molar-refractivity contribution in [2.75, 3.05) is 18.9 Å². The fourth-order valence-corrected chi connectivity index (χ4v) is 4.30. The van der Waals surface area contributed by atoms with Crippen LogP contribution in [0.3, 0.4) is 0 Å². The molecule has 1 amide bonds. The second-order valence-corrected chi connectivity index (χ2v) is 9.91. The van der Waals surface area contributed by atoms with Gasteiger partial charge in [-0.25, -0.2) is 9.97 Å². The summed E-state index contributed by atoms with van der Waals surface area (Å²) >= 11 is 0. The van der Waals surface area contributed by atoms with Crippen LogP contribution in [0.5, 0.6) is 0 Å². The number of anilines is 2. The van der Waals surface area contributed by atoms with E-state index in [1.54, 1.807) is 30.9 Å². The number of carbonyl (C=O) groups is 1. The van der Waals surface area contributed by atoms with Gasteiger partial charge in [-0.15, -0.1) is 10.2 Å². The molecular weight excluding hydrogens is 484 g/mol. The van der Waals surface area contributed by atoms with Crippen LogP contribution >= 0.6 is 0 Å². The highest BCUT2D eigenvalue weighted by molar-refractivity contribution is 5.89. The van der Waals surface area contributed by atoms with Crippen LogP contribution in [-0.2, 0) is 19.0 Å². The first kappa shape index (κ1) is 25.0. The predicted molar refractivity (Wildman–Crippen MR) is 138 cm³/mol. The molecule has 1 aliphatic rings. The van der Waals surface area contributed by atoms with Gasteiger partial charge in [0.2, 0.25) is 11.8 Å². The topological polar surface area (TPSA) is 151 Å². The second-order valence-electron chi connectivity index (χ2n) is 9.91. The van der Waals surface area contributed by atoms with Crippen molar-refractivity contribution in [2.24, 2.45) is 7.05 Å². The van der Waals surface area contributed by atoms with E-state index in [0.717, 1.165) is 41.2 Å². The van der Waals surface area contributed by atoms with Crippen LogP contribution in [0.1, 0.15) is 54.0 Å². The van der Waals surface area contributed by atoms with E-state index in [-0.39, 0.29) is 17.8 Å². The van der Waals surface area contributed by atoms with Crippen LogP contribution in [-0.4, -0.2) is 54.3 Å². The maximum atomic E-state index is 13.0. The highest BCUT2D eigenvalue weighted by Crippen LogP contribution is 2.31. The molecule has 1 atom stereocenters. The van der Waals surface area contributed by atoms with Crippen molar-refractivity contribution >= 4 is 17.5 Å². The van der Waals surface area contributed by atoms with Gasteiger partial charge in [0.25, 0.3) is 0 Å². The number of hydrogen-bond donors (Lipinski definition) is 2. The minimum Gasteiger partial charge on any atom is -0.415 e. The molecule has 0 aliphatic carbocycles. The summed E-state index contributed by atoms with van der Waals surface area (Å²) in [4.78, 5) is 24.2. The van der Waals surface area contributed by atoms with Gasteiger partial charge in [-0.3, -0.25) is 9.48 Å². The summed E-state index contributed by atoms with van der Waals surface area (Å²) in [5, 5.41) is 27.5. The van der Waals surface area contributed by atoms with Gasteiger partial charge in [-0.1, -0.05) is 12.1 Å². The summed E-state index contributed by atoms with van der Waals surface area (Å²) in [7, 11) is 3.90. The Kier molecular flexibility index (Phi) is 6.61. The summed E-state index contributed by atoms with van der Waals surface area (Å²) < 4.78 is 7.23. The number of hydrogen-bond acceptors (Lipinski definition) is 10. The van der Waals surface area contributed by atoms with Crippen LogP contribution in [0.2, 0.25) is 0 Å². The Morgan fingerprint density at radius 1 is 1.24 bits per heavy atom. The average Bonchev–Trinajstić information content (AvgIpc) is 3.53. The first-order valence-electron chi connectivity index (χ1n) is 12.2. The zero-order chi connectivity index (χ0) is 26.9. The molecule has 0 saturated heterocycles. The normalized spacial score (nSPS) is 15.8. The molecule has 0 fully saturated rings. The Labute approximate surface area is 219 Å². The lowest BCUT2D eigenvalue weighted by Gasteiger charge is -2.19. The largest absolute Gasteiger partial charge is 0.415 e. The highest BCUT2D eigenvalue weighted by Gasteiger charge is 2.30. The first-order chi connectivity index (χ1) is 18.2. The predicted octanol–water partition coefficient (Wildman–Crippen LogP) is 3.11. The van der Waals surface area contributed by atoms with E-state index in [4.69, 9.17) is 4.42 Å². The maximum absolute atomic E-state index is 13.0. The monoisotopic (exact) mass is 512 g/mol. The summed E-state index contributed by atoms with van der Waals surface area (Å²) in [6.45, 7) is 4.83. The Morgan fingerprint density at radius 3 is 2.84 bits per heavy atom. The third-order valence-electron chi connectivity index (χ3n) is 6.41. The van der Waals surface area contributed by atoms with Gasteiger partial charge in [0.1, 0.15) is 5.41 Å². The molecule has 1 aromatic carbocycles. The molecule has 4 heterocycles. The van der Waals surface area contributed by atoms with Gasteiger partial charge in [0.05, 0.1) is 29.7 Å². The highest BCUT2D eigenvalue weighted by atomic mass is 16.4. The fraction of sp³-hybridized carbons (Fsp3) is 0.346. The Bertz CT molecular complexity index is 1520. The quantitative estimate of drug-likeness (QED) is 0.394. The molecule has 0 saturated carbocycles. The number of benzene rings is 1. The number of amides is 1. The number of nitrogens with zero attached hydrogens (tertiary/aromatic N) is 8. The molecule has 194 valence electrons. The lowest BCUT2D eigenvalue weighted by Crippen LogP contribution is -2.30. The molecular formula is C26H28N10O2. The standard InChI is InChI=1S/C26H28N10O2/c1-26(2,15-27)24-34-33-23(38-24)22(37)31-21-8-10-35(3)13-17-11-16(5-6-19(17)21)20-7-9-28-25(32-20)30-18-12-29-36(4)14-18/h5-7,9,11-12,14,21H,8,10,13H2,1-4H3,(H,31,37)(H,28,30,32). The minimum absolute atomic E-state index is 0.109. The average molecular weight is 513 g/mol. The van der Waals surface area contributed by atoms with Crippen molar-refractivity contribution in [3.63, 3.8) is 0 Å². The molecule has 4 aromatic rings. The molecule has 12 nitrogen and oxygen atoms in total. The second kappa shape index (κ2) is 10.0. The molecule has 0 radical (unpaired) electrons. The van der Waals surface area contributed by atoms with Crippen molar-refractivity contribution in [3.05, 3.63) is 65.8 Å². The van der Waals surface area contributed by atoms with Crippen LogP contribution in [0, 0.1) is 11.3 Å². The van der Waals surface area contributed by atoms with E-state index in [1.165, 1.54) is 0 Å². The van der Waals surface area contributed by atoms with E-state index < -0.39 is 11.3 Å². The molecule has 0 spiro atoms. The molecule has 2 N–H and O–H groups in total. The lowest BCUT2D eigenvalue weighted by atomic mass is 9.96. The van der Waals surface area contributed by atoms with Gasteiger partial charge < -0.3 is 20.0 Å². The molecule has 1 unspecified atom stereocenters. The summed E-state index contributed by atoms with van der Waals surface area (Å²) in [5.74, 6) is -0.0399. The summed E-state index contributed by atoms with van der Waals surface area (Å²) in [6, 6.07) is 9.86. The van der Waals surface area contributed by atoms with Crippen molar-refractivity contribution in [2.45, 2.75) is 38.3 Å². The Hall–Kier alpha value is -4.63. The first-order valence-corrected chi connectivity index (χ1v) is 12.2. The van der Waals surface area contributed by atoms with Crippen molar-refractivity contribution < 1.29 is 9.21 Å². The number of nitrogens with one attached hydrogen (secondary N) is 2. The number of fused-ring (bicyclic) bond motifs is 1. The van der Waals surface area contributed by atoms with Gasteiger partial charge in [-0.2, -0.15) is 10.4 Å². The number of rotatable bonds is 6. The van der Waals surface area contributed by atoms with Crippen LogP contribution in [0.25, 0.3) is 11.3 Å². The smallest absolute Gasteiger partial charge is 0.309 e. The third-order valence-corrected chi connectivity index (χ3v) is 6.41. The zero-order valence-corrected chi connectivity index (χ0v) is 21.6. The van der Waals surface area contributed by atoms with E-state index in [1.807, 2.05) is 31.4 Å². The minimum atomic E-state index is -0.978. The van der Waals surface area contributed by atoms with Gasteiger partial charge in [0, 0.05) is 38.1 Å².